The van der Waals surface area contributed by atoms with Crippen molar-refractivity contribution in [2.24, 2.45) is 28.7 Å². The fraction of sp³-hybridized carbons (Fsp3) is 0.450. The number of carbonyl (C=O) groups is 9. The largest absolute Gasteiger partial charge is 0.496 e. The van der Waals surface area contributed by atoms with Gasteiger partial charge in [-0.25, -0.2) is 0 Å². The molecule has 27 nitrogen and oxygen atoms in total. The van der Waals surface area contributed by atoms with E-state index >= 15 is 0 Å². The maximum absolute atomic E-state index is 14.3. The van der Waals surface area contributed by atoms with Crippen LogP contribution in [0.5, 0.6) is 23.0 Å². The first-order chi connectivity index (χ1) is 41.8. The first-order valence-corrected chi connectivity index (χ1v) is 28.7. The van der Waals surface area contributed by atoms with Crippen LogP contribution in [0.4, 0.5) is 22.7 Å². The van der Waals surface area contributed by atoms with Crippen molar-refractivity contribution in [3.8, 4) is 23.0 Å². The number of aliphatic hydroxyl groups excluding tert-OH is 1. The summed E-state index contributed by atoms with van der Waals surface area (Å²) in [5.41, 5.74) is 29.6. The smallest absolute Gasteiger partial charge is 0.255 e. The Hall–Kier alpha value is -8.73. The molecule has 0 unspecified atom stereocenters. The van der Waals surface area contributed by atoms with E-state index in [2.05, 4.69) is 42.5 Å². The summed E-state index contributed by atoms with van der Waals surface area (Å²) in [7, 11) is 5.38. The molecular weight excluding hydrogens is 1130 g/mol. The van der Waals surface area contributed by atoms with Crippen LogP contribution in [0.25, 0.3) is 0 Å². The van der Waals surface area contributed by atoms with Crippen LogP contribution < -0.4 is 90.2 Å². The van der Waals surface area contributed by atoms with E-state index in [1.165, 1.54) is 102 Å². The summed E-state index contributed by atoms with van der Waals surface area (Å²) in [6.45, 7) is 2.02. The normalized spacial score (nSPS) is 12.6. The number of anilines is 4. The molecule has 27 heteroatoms. The molecule has 0 radical (unpaired) electrons. The Morgan fingerprint density at radius 3 is 0.931 bits per heavy atom. The quantitative estimate of drug-likeness (QED) is 0.0286. The zero-order valence-corrected chi connectivity index (χ0v) is 50.0. The molecule has 5 atom stereocenters. The molecule has 0 aliphatic rings. The van der Waals surface area contributed by atoms with Gasteiger partial charge < -0.3 is 95.3 Å². The minimum Gasteiger partial charge on any atom is -0.496 e. The van der Waals surface area contributed by atoms with E-state index in [1.807, 2.05) is 0 Å². The fourth-order valence-electron chi connectivity index (χ4n) is 8.90. The second kappa shape index (κ2) is 37.0. The van der Waals surface area contributed by atoms with Gasteiger partial charge in [0.15, 0.2) is 5.78 Å². The van der Waals surface area contributed by atoms with Gasteiger partial charge in [0, 0.05) is 22.7 Å². The molecule has 0 saturated heterocycles. The van der Waals surface area contributed by atoms with Crippen LogP contribution in [0.2, 0.25) is 0 Å². The van der Waals surface area contributed by atoms with Gasteiger partial charge in [-0.15, -0.1) is 0 Å². The van der Waals surface area contributed by atoms with Gasteiger partial charge in [0.25, 0.3) is 23.6 Å². The summed E-state index contributed by atoms with van der Waals surface area (Å²) in [4.78, 5) is 123. The van der Waals surface area contributed by atoms with Gasteiger partial charge in [-0.2, -0.15) is 0 Å². The first kappa shape index (κ1) is 70.8. The van der Waals surface area contributed by atoms with Gasteiger partial charge in [0.05, 0.1) is 62.8 Å². The number of nitrogens with two attached hydrogens (primary N) is 5. The molecule has 4 aromatic rings. The summed E-state index contributed by atoms with van der Waals surface area (Å²) in [6.07, 6.45) is 5.04. The molecule has 0 bridgehead atoms. The van der Waals surface area contributed by atoms with Crippen LogP contribution in [0.1, 0.15) is 125 Å². The number of ketones is 1. The summed E-state index contributed by atoms with van der Waals surface area (Å²) in [5, 5.41) is 31.0. The van der Waals surface area contributed by atoms with E-state index in [-0.39, 0.29) is 87.3 Å². The highest BCUT2D eigenvalue weighted by Gasteiger charge is 2.29. The number of hydrogen-bond donors (Lipinski definition) is 14. The average molecular weight is 1210 g/mol. The number of methoxy groups -OCH3 is 4. The Morgan fingerprint density at radius 1 is 0.402 bits per heavy atom. The number of nitrogens with one attached hydrogen (secondary N) is 8. The van der Waals surface area contributed by atoms with E-state index in [0.29, 0.717) is 84.0 Å². The third-order valence-corrected chi connectivity index (χ3v) is 13.8. The second-order valence-electron chi connectivity index (χ2n) is 20.3. The van der Waals surface area contributed by atoms with E-state index < -0.39 is 89.9 Å². The van der Waals surface area contributed by atoms with Crippen LogP contribution in [-0.2, 0) is 24.0 Å². The molecule has 0 heterocycles. The average Bonchev–Trinajstić information content (AvgIpc) is 2.44. The van der Waals surface area contributed by atoms with Crippen molar-refractivity contribution in [3.63, 3.8) is 0 Å². The standard InChI is InChI=1S/C60H85N13O14/c1-35(48(75)34-74)66-53(76)40-31-37(19-23-49(40)84-2)68-58(81)45(15-7-11-27-62)72-55(78)42-33-39(21-25-51(42)86-4)70-60(83)47(17-9-13-29-64)73-56(79)43-32-38(20-24-52(43)87-5)69-59(82)46(16-8-12-28-63)71-54(77)41-30-36(18-22-50(41)85-3)67-57(80)44(65)14-6-10-26-61/h18-25,30-33,35,44-47,74H,6-17,26-29,34,61-65H2,1-5H3,(H,66,76)(H,67,80)(H,68,81)(H,69,82)(H,70,83)(H,71,77)(H,72,78)(H,73,79)/t35-,44-,45-,46-,47-/m0/s1. The summed E-state index contributed by atoms with van der Waals surface area (Å²) >= 11 is 0. The number of rotatable bonds is 38. The Kier molecular flexibility index (Phi) is 30.1. The number of carbonyl (C=O) groups excluding carboxylic acids is 9. The zero-order valence-electron chi connectivity index (χ0n) is 50.0. The predicted molar refractivity (Wildman–Crippen MR) is 329 cm³/mol. The summed E-state index contributed by atoms with van der Waals surface area (Å²) < 4.78 is 21.9. The molecule has 0 fully saturated rings. The van der Waals surface area contributed by atoms with Crippen LogP contribution in [0, 0.1) is 0 Å². The lowest BCUT2D eigenvalue weighted by molar-refractivity contribution is -0.123. The van der Waals surface area contributed by atoms with Crippen LogP contribution in [0.3, 0.4) is 0 Å². The third kappa shape index (κ3) is 21.9. The van der Waals surface area contributed by atoms with Gasteiger partial charge in [0.1, 0.15) is 47.7 Å². The molecule has 0 aliphatic heterocycles. The highest BCUT2D eigenvalue weighted by atomic mass is 16.5. The van der Waals surface area contributed by atoms with E-state index in [0.717, 1.165) is 0 Å². The van der Waals surface area contributed by atoms with Crippen molar-refractivity contribution in [1.29, 1.82) is 0 Å². The Morgan fingerprint density at radius 2 is 0.667 bits per heavy atom. The maximum atomic E-state index is 14.3. The SMILES string of the molecule is COc1ccc(NC(=O)[C@H](CCCCN)NC(=O)c2cc(NC(=O)[C@H](CCCCN)NC(=O)c3cc(NC(=O)[C@H](CCCCN)NC(=O)c4cc(NC(=O)[C@@H](N)CCCCN)ccc4OC)ccc3OC)ccc2OC)cc1C(=O)N[C@@H](C)C(=O)CO. The predicted octanol–water partition coefficient (Wildman–Crippen LogP) is 2.39. The Balaban J connectivity index is 1.56. The molecule has 87 heavy (non-hydrogen) atoms. The maximum Gasteiger partial charge on any atom is 0.255 e. The van der Waals surface area contributed by atoms with E-state index in [1.54, 1.807) is 6.07 Å². The lowest BCUT2D eigenvalue weighted by Gasteiger charge is -2.22. The van der Waals surface area contributed by atoms with Gasteiger partial charge in [-0.3, -0.25) is 43.2 Å². The van der Waals surface area contributed by atoms with Crippen molar-refractivity contribution in [3.05, 3.63) is 95.1 Å². The van der Waals surface area contributed by atoms with Gasteiger partial charge in [0.2, 0.25) is 23.6 Å². The van der Waals surface area contributed by atoms with Crippen molar-refractivity contribution in [2.75, 3.05) is 82.5 Å². The summed E-state index contributed by atoms with van der Waals surface area (Å²) in [6, 6.07) is 12.0. The minimum atomic E-state index is -1.19. The Labute approximate surface area is 506 Å². The van der Waals surface area contributed by atoms with Crippen molar-refractivity contribution < 1.29 is 67.2 Å². The van der Waals surface area contributed by atoms with Gasteiger partial charge >= 0.3 is 0 Å². The zero-order chi connectivity index (χ0) is 64.0. The molecule has 474 valence electrons. The molecule has 0 saturated carbocycles. The summed E-state index contributed by atoms with van der Waals surface area (Å²) in [5.74, 6) is -5.48. The van der Waals surface area contributed by atoms with Crippen LogP contribution in [0.15, 0.2) is 72.8 Å². The van der Waals surface area contributed by atoms with E-state index in [4.69, 9.17) is 47.6 Å². The number of aliphatic hydroxyl groups is 1. The molecule has 19 N–H and O–H groups in total. The second-order valence-corrected chi connectivity index (χ2v) is 20.3. The molecule has 0 aromatic heterocycles. The number of benzene rings is 4. The van der Waals surface area contributed by atoms with Crippen molar-refractivity contribution in [2.45, 2.75) is 114 Å². The highest BCUT2D eigenvalue weighted by Crippen LogP contribution is 2.28. The molecule has 4 aromatic carbocycles. The van der Waals surface area contributed by atoms with Gasteiger partial charge in [-0.1, -0.05) is 6.42 Å². The van der Waals surface area contributed by atoms with Crippen LogP contribution >= 0.6 is 0 Å². The Bertz CT molecular complexity index is 3000. The molecule has 0 spiro atoms. The van der Waals surface area contributed by atoms with Crippen LogP contribution in [-0.4, -0.2) is 150 Å². The topological polar surface area (TPSA) is 437 Å². The lowest BCUT2D eigenvalue weighted by Crippen LogP contribution is -2.44. The van der Waals surface area contributed by atoms with Crippen molar-refractivity contribution in [1.82, 2.24) is 21.3 Å². The number of ether oxygens (including phenoxy) is 4. The molecular formula is C60H85N13O14. The lowest BCUT2D eigenvalue weighted by atomic mass is 10.1. The minimum absolute atomic E-state index is 0.0233. The third-order valence-electron chi connectivity index (χ3n) is 13.8. The first-order valence-electron chi connectivity index (χ1n) is 28.7. The van der Waals surface area contributed by atoms with Gasteiger partial charge in [-0.05, 0) is 177 Å². The highest BCUT2D eigenvalue weighted by molar-refractivity contribution is 6.08. The van der Waals surface area contributed by atoms with E-state index in [9.17, 15) is 48.3 Å². The number of amides is 8. The fourth-order valence-corrected chi connectivity index (χ4v) is 8.90. The molecule has 4 rings (SSSR count). The monoisotopic (exact) mass is 1210 g/mol. The molecule has 0 aliphatic carbocycles. The number of hydrogen-bond acceptors (Lipinski definition) is 19. The number of Topliss-reactive ketones (excluding diaryl/α,β-unsaturated/α-hetero) is 1. The number of unbranched alkanes of at least 4 members (excludes halogenated alkanes) is 4. The van der Waals surface area contributed by atoms with Crippen molar-refractivity contribution >= 4 is 75.8 Å². The molecule has 8 amide bonds.